The predicted octanol–water partition coefficient (Wildman–Crippen LogP) is 3.68. The first-order valence-electron chi connectivity index (χ1n) is 11.6. The lowest BCUT2D eigenvalue weighted by Gasteiger charge is -2.26. The number of nitrogens with one attached hydrogen (secondary N) is 1. The molecule has 2 aromatic carbocycles. The van der Waals surface area contributed by atoms with Crippen molar-refractivity contribution >= 4 is 39.2 Å². The zero-order chi connectivity index (χ0) is 23.1. The van der Waals surface area contributed by atoms with E-state index in [9.17, 15) is 4.79 Å². The van der Waals surface area contributed by atoms with Gasteiger partial charge in [0.05, 0.1) is 5.52 Å². The summed E-state index contributed by atoms with van der Waals surface area (Å²) in [7, 11) is 0. The van der Waals surface area contributed by atoms with Gasteiger partial charge < -0.3 is 21.4 Å². The van der Waals surface area contributed by atoms with Crippen molar-refractivity contribution in [3.63, 3.8) is 0 Å². The summed E-state index contributed by atoms with van der Waals surface area (Å²) in [6.45, 7) is 8.81. The van der Waals surface area contributed by atoms with Crippen molar-refractivity contribution in [3.05, 3.63) is 64.8 Å². The van der Waals surface area contributed by atoms with E-state index >= 15 is 0 Å². The minimum atomic E-state index is -0.0819. The first-order chi connectivity index (χ1) is 16.0. The maximum absolute atomic E-state index is 13.0. The van der Waals surface area contributed by atoms with Gasteiger partial charge in [-0.2, -0.15) is 0 Å². The number of anilines is 2. The number of hydrogen-bond donors (Lipinski definition) is 3. The topological polar surface area (TPSA) is 102 Å². The summed E-state index contributed by atoms with van der Waals surface area (Å²) in [5.74, 6) is 0.319. The lowest BCUT2D eigenvalue weighted by Crippen LogP contribution is -2.30. The molecule has 5 N–H and O–H groups in total. The van der Waals surface area contributed by atoms with Crippen LogP contribution in [-0.4, -0.2) is 33.4 Å². The van der Waals surface area contributed by atoms with E-state index in [4.69, 9.17) is 11.5 Å². The molecule has 0 saturated carbocycles. The van der Waals surface area contributed by atoms with Gasteiger partial charge in [-0.15, -0.1) is 0 Å². The van der Waals surface area contributed by atoms with Crippen molar-refractivity contribution in [3.8, 4) is 0 Å². The molecule has 0 radical (unpaired) electrons. The quantitative estimate of drug-likeness (QED) is 0.438. The Morgan fingerprint density at radius 1 is 1.06 bits per heavy atom. The molecule has 3 heterocycles. The van der Waals surface area contributed by atoms with Crippen LogP contribution in [0.2, 0.25) is 0 Å². The Morgan fingerprint density at radius 2 is 1.91 bits per heavy atom. The van der Waals surface area contributed by atoms with Crippen molar-refractivity contribution < 1.29 is 4.79 Å². The van der Waals surface area contributed by atoms with Gasteiger partial charge in [0.15, 0.2) is 0 Å². The average Bonchev–Trinajstić information content (AvgIpc) is 3.14. The van der Waals surface area contributed by atoms with Crippen LogP contribution in [0.1, 0.15) is 41.0 Å². The molecule has 0 unspecified atom stereocenters. The van der Waals surface area contributed by atoms with Gasteiger partial charge in [-0.05, 0) is 54.9 Å². The lowest BCUT2D eigenvalue weighted by molar-refractivity contribution is 0.0951. The molecule has 1 aliphatic heterocycles. The Bertz CT molecular complexity index is 1370. The van der Waals surface area contributed by atoms with E-state index in [0.29, 0.717) is 23.6 Å². The van der Waals surface area contributed by atoms with E-state index in [0.717, 1.165) is 49.1 Å². The second-order valence-electron chi connectivity index (χ2n) is 8.69. The minimum Gasteiger partial charge on any atom is -0.398 e. The van der Waals surface area contributed by atoms with Crippen LogP contribution in [-0.2, 0) is 26.1 Å². The Kier molecular flexibility index (Phi) is 5.42. The zero-order valence-corrected chi connectivity index (χ0v) is 19.2. The highest BCUT2D eigenvalue weighted by Crippen LogP contribution is 2.32. The molecule has 7 heteroatoms. The number of aromatic nitrogens is 2. The number of nitrogens with two attached hydrogens (primary N) is 2. The molecule has 0 bridgehead atoms. The summed E-state index contributed by atoms with van der Waals surface area (Å²) in [6, 6.07) is 13.5. The van der Waals surface area contributed by atoms with E-state index in [1.807, 2.05) is 24.3 Å². The minimum absolute atomic E-state index is 0.0819. The van der Waals surface area contributed by atoms with Gasteiger partial charge in [-0.3, -0.25) is 9.69 Å². The van der Waals surface area contributed by atoms with Crippen LogP contribution < -0.4 is 16.8 Å². The van der Waals surface area contributed by atoms with Crippen molar-refractivity contribution in [2.24, 2.45) is 0 Å². The van der Waals surface area contributed by atoms with Crippen LogP contribution in [0.3, 0.4) is 0 Å². The SMILES string of the molecule is CCN1CCc2c(c3cc(C(=O)NCc4ccc5nc(N)cc(N)c5c4)ccc3n2CC)C1. The maximum atomic E-state index is 13.0. The number of carbonyl (C=O) groups excluding carboxylic acids is 1. The summed E-state index contributed by atoms with van der Waals surface area (Å²) >= 11 is 0. The molecule has 1 aliphatic rings. The van der Waals surface area contributed by atoms with Crippen molar-refractivity contribution in [1.29, 1.82) is 0 Å². The van der Waals surface area contributed by atoms with E-state index in [1.165, 1.54) is 22.2 Å². The molecule has 4 aromatic rings. The number of carbonyl (C=O) groups is 1. The van der Waals surface area contributed by atoms with Crippen molar-refractivity contribution in [2.75, 3.05) is 24.6 Å². The van der Waals surface area contributed by atoms with Crippen LogP contribution >= 0.6 is 0 Å². The Labute approximate surface area is 193 Å². The number of likely N-dealkylation sites (N-methyl/N-ethyl adjacent to an activating group) is 1. The Morgan fingerprint density at radius 3 is 2.70 bits per heavy atom. The van der Waals surface area contributed by atoms with E-state index < -0.39 is 0 Å². The fourth-order valence-electron chi connectivity index (χ4n) is 4.99. The first-order valence-corrected chi connectivity index (χ1v) is 11.6. The number of aryl methyl sites for hydroxylation is 1. The molecule has 1 amide bonds. The monoisotopic (exact) mass is 442 g/mol. The largest absolute Gasteiger partial charge is 0.398 e. The van der Waals surface area contributed by atoms with E-state index in [1.54, 1.807) is 6.07 Å². The normalized spacial score (nSPS) is 14.0. The van der Waals surface area contributed by atoms with Crippen LogP contribution in [0.4, 0.5) is 11.5 Å². The average molecular weight is 443 g/mol. The van der Waals surface area contributed by atoms with Gasteiger partial charge in [-0.1, -0.05) is 13.0 Å². The molecule has 0 saturated heterocycles. The number of benzene rings is 2. The molecule has 0 spiro atoms. The summed E-state index contributed by atoms with van der Waals surface area (Å²) in [5, 5.41) is 5.09. The Hall–Kier alpha value is -3.58. The third-order valence-electron chi connectivity index (χ3n) is 6.74. The number of rotatable bonds is 5. The molecular weight excluding hydrogens is 412 g/mol. The second-order valence-corrected chi connectivity index (χ2v) is 8.69. The molecule has 0 fully saturated rings. The fourth-order valence-corrected chi connectivity index (χ4v) is 4.99. The third kappa shape index (κ3) is 3.78. The van der Waals surface area contributed by atoms with Crippen molar-refractivity contribution in [2.45, 2.75) is 39.9 Å². The van der Waals surface area contributed by atoms with Gasteiger partial charge in [0.2, 0.25) is 0 Å². The fraction of sp³-hybridized carbons (Fsp3) is 0.308. The van der Waals surface area contributed by atoms with Gasteiger partial charge in [-0.25, -0.2) is 4.98 Å². The van der Waals surface area contributed by atoms with Crippen LogP contribution in [0.25, 0.3) is 21.8 Å². The number of nitrogen functional groups attached to an aromatic ring is 2. The van der Waals surface area contributed by atoms with Gasteiger partial charge >= 0.3 is 0 Å². The summed E-state index contributed by atoms with van der Waals surface area (Å²) < 4.78 is 2.40. The molecular formula is C26H30N6O. The third-order valence-corrected chi connectivity index (χ3v) is 6.74. The molecule has 2 aromatic heterocycles. The van der Waals surface area contributed by atoms with Crippen LogP contribution in [0.5, 0.6) is 0 Å². The highest BCUT2D eigenvalue weighted by Gasteiger charge is 2.23. The number of amides is 1. The molecule has 0 aliphatic carbocycles. The van der Waals surface area contributed by atoms with Gasteiger partial charge in [0, 0.05) is 71.9 Å². The molecule has 33 heavy (non-hydrogen) atoms. The summed E-state index contributed by atoms with van der Waals surface area (Å²) in [5.41, 5.74) is 18.9. The first kappa shape index (κ1) is 21.3. The summed E-state index contributed by atoms with van der Waals surface area (Å²) in [4.78, 5) is 19.8. The van der Waals surface area contributed by atoms with E-state index in [2.05, 4.69) is 45.7 Å². The number of pyridine rings is 1. The molecule has 170 valence electrons. The molecule has 7 nitrogen and oxygen atoms in total. The molecule has 0 atom stereocenters. The summed E-state index contributed by atoms with van der Waals surface area (Å²) in [6.07, 6.45) is 1.05. The van der Waals surface area contributed by atoms with Crippen LogP contribution in [0, 0.1) is 0 Å². The maximum Gasteiger partial charge on any atom is 0.251 e. The highest BCUT2D eigenvalue weighted by atomic mass is 16.1. The zero-order valence-electron chi connectivity index (χ0n) is 19.2. The molecule has 5 rings (SSSR count). The number of fused-ring (bicyclic) bond motifs is 4. The van der Waals surface area contributed by atoms with Crippen molar-refractivity contribution in [1.82, 2.24) is 19.8 Å². The van der Waals surface area contributed by atoms with Gasteiger partial charge in [0.25, 0.3) is 5.91 Å². The second kappa shape index (κ2) is 8.41. The Balaban J connectivity index is 1.40. The highest BCUT2D eigenvalue weighted by molar-refractivity contribution is 5.99. The predicted molar refractivity (Wildman–Crippen MR) is 134 cm³/mol. The number of hydrogen-bond acceptors (Lipinski definition) is 5. The smallest absolute Gasteiger partial charge is 0.251 e. The number of nitrogens with zero attached hydrogens (tertiary/aromatic N) is 3. The lowest BCUT2D eigenvalue weighted by atomic mass is 10.0. The van der Waals surface area contributed by atoms with E-state index in [-0.39, 0.29) is 5.91 Å². The van der Waals surface area contributed by atoms with Gasteiger partial charge in [0.1, 0.15) is 5.82 Å². The van der Waals surface area contributed by atoms with Crippen LogP contribution in [0.15, 0.2) is 42.5 Å². The standard InChI is InChI=1S/C26H30N6O/c1-3-31-10-9-24-20(15-31)18-12-17(6-8-23(18)32(24)4-2)26(33)29-14-16-5-7-22-19(11-16)21(27)13-25(28)30-22/h5-8,11-13H,3-4,9-10,14-15H2,1-2H3,(H,29,33)(H4,27,28,30).